The summed E-state index contributed by atoms with van der Waals surface area (Å²) in [5.41, 5.74) is 1.79. The summed E-state index contributed by atoms with van der Waals surface area (Å²) in [5, 5.41) is 6.74. The average Bonchev–Trinajstić information content (AvgIpc) is 2.74. The molecular weight excluding hydrogens is 351 g/mol. The number of halogens is 2. The van der Waals surface area contributed by atoms with E-state index in [4.69, 9.17) is 16.0 Å². The first kappa shape index (κ1) is 18.8. The predicted molar refractivity (Wildman–Crippen MR) is 99.4 cm³/mol. The lowest BCUT2D eigenvalue weighted by molar-refractivity contribution is -0.118. The number of anilines is 2. The molecule has 1 saturated heterocycles. The van der Waals surface area contributed by atoms with E-state index in [1.807, 2.05) is 13.8 Å². The second-order valence-electron chi connectivity index (χ2n) is 6.03. The normalized spacial score (nSPS) is 15.2. The van der Waals surface area contributed by atoms with Crippen LogP contribution in [-0.2, 0) is 4.79 Å². The van der Waals surface area contributed by atoms with Gasteiger partial charge in [-0.15, -0.1) is 12.4 Å². The van der Waals surface area contributed by atoms with Gasteiger partial charge in [0, 0.05) is 30.6 Å². The SMILES string of the molecule is CC(C)C(=O)Nc1cc(Cl)cc2nc(N3CCCNCC3)oc12.Cl. The fourth-order valence-electron chi connectivity index (χ4n) is 2.53. The van der Waals surface area contributed by atoms with Crippen molar-refractivity contribution < 1.29 is 9.21 Å². The first-order chi connectivity index (χ1) is 11.0. The Kier molecular flexibility index (Phi) is 6.32. The lowest BCUT2D eigenvalue weighted by Gasteiger charge is -2.16. The number of hydrogen-bond donors (Lipinski definition) is 2. The number of amides is 1. The summed E-state index contributed by atoms with van der Waals surface area (Å²) in [5.74, 6) is -0.200. The van der Waals surface area contributed by atoms with Gasteiger partial charge in [0.2, 0.25) is 5.91 Å². The Morgan fingerprint density at radius 3 is 2.92 bits per heavy atom. The molecule has 0 spiro atoms. The van der Waals surface area contributed by atoms with Gasteiger partial charge in [-0.25, -0.2) is 0 Å². The van der Waals surface area contributed by atoms with Gasteiger partial charge in [0.1, 0.15) is 5.52 Å². The molecule has 2 N–H and O–H groups in total. The number of benzene rings is 1. The molecule has 0 saturated carbocycles. The Hall–Kier alpha value is -1.50. The third-order valence-corrected chi connectivity index (χ3v) is 4.05. The van der Waals surface area contributed by atoms with Gasteiger partial charge in [0.05, 0.1) is 5.69 Å². The molecule has 0 unspecified atom stereocenters. The van der Waals surface area contributed by atoms with Gasteiger partial charge in [-0.2, -0.15) is 4.98 Å². The number of nitrogens with zero attached hydrogens (tertiary/aromatic N) is 2. The molecule has 2 heterocycles. The molecule has 1 aromatic heterocycles. The number of fused-ring (bicyclic) bond motifs is 1. The van der Waals surface area contributed by atoms with Crippen LogP contribution < -0.4 is 15.5 Å². The molecule has 8 heteroatoms. The minimum Gasteiger partial charge on any atom is -0.421 e. The van der Waals surface area contributed by atoms with Gasteiger partial charge >= 0.3 is 0 Å². The number of rotatable bonds is 3. The van der Waals surface area contributed by atoms with Gasteiger partial charge in [0.15, 0.2) is 5.58 Å². The van der Waals surface area contributed by atoms with Crippen molar-refractivity contribution in [3.05, 3.63) is 17.2 Å². The summed E-state index contributed by atoms with van der Waals surface area (Å²) in [4.78, 5) is 18.6. The van der Waals surface area contributed by atoms with Crippen molar-refractivity contribution >= 4 is 52.7 Å². The number of nitrogens with one attached hydrogen (secondary N) is 2. The summed E-state index contributed by atoms with van der Waals surface area (Å²) in [6.07, 6.45) is 1.04. The minimum atomic E-state index is -0.122. The molecule has 1 aliphatic rings. The van der Waals surface area contributed by atoms with E-state index in [0.29, 0.717) is 27.8 Å². The maximum absolute atomic E-state index is 12.0. The molecule has 132 valence electrons. The van der Waals surface area contributed by atoms with Gasteiger partial charge < -0.3 is 20.0 Å². The largest absolute Gasteiger partial charge is 0.421 e. The van der Waals surface area contributed by atoms with Crippen LogP contribution in [0, 0.1) is 5.92 Å². The van der Waals surface area contributed by atoms with Crippen molar-refractivity contribution in [2.45, 2.75) is 20.3 Å². The molecule has 0 aliphatic carbocycles. The second kappa shape index (κ2) is 8.05. The van der Waals surface area contributed by atoms with E-state index in [9.17, 15) is 4.79 Å². The summed E-state index contributed by atoms with van der Waals surface area (Å²) in [6, 6.07) is 4.03. The maximum Gasteiger partial charge on any atom is 0.298 e. The number of carbonyl (C=O) groups is 1. The van der Waals surface area contributed by atoms with Crippen LogP contribution in [-0.4, -0.2) is 37.1 Å². The summed E-state index contributed by atoms with van der Waals surface area (Å²) < 4.78 is 5.94. The van der Waals surface area contributed by atoms with E-state index in [0.717, 1.165) is 32.6 Å². The van der Waals surface area contributed by atoms with Crippen LogP contribution in [0.2, 0.25) is 5.02 Å². The Labute approximate surface area is 152 Å². The third-order valence-electron chi connectivity index (χ3n) is 3.84. The van der Waals surface area contributed by atoms with Crippen molar-refractivity contribution in [2.24, 2.45) is 5.92 Å². The van der Waals surface area contributed by atoms with Crippen LogP contribution in [0.15, 0.2) is 16.5 Å². The molecule has 24 heavy (non-hydrogen) atoms. The highest BCUT2D eigenvalue weighted by Gasteiger charge is 2.19. The molecule has 0 atom stereocenters. The first-order valence-electron chi connectivity index (χ1n) is 7.91. The molecule has 0 bridgehead atoms. The van der Waals surface area contributed by atoms with Crippen LogP contribution >= 0.6 is 24.0 Å². The average molecular weight is 373 g/mol. The molecule has 0 radical (unpaired) electrons. The Morgan fingerprint density at radius 2 is 2.17 bits per heavy atom. The van der Waals surface area contributed by atoms with E-state index < -0.39 is 0 Å². The van der Waals surface area contributed by atoms with Gasteiger partial charge in [-0.05, 0) is 25.1 Å². The summed E-state index contributed by atoms with van der Waals surface area (Å²) in [6.45, 7) is 7.31. The van der Waals surface area contributed by atoms with Gasteiger partial charge in [0.25, 0.3) is 6.01 Å². The summed E-state index contributed by atoms with van der Waals surface area (Å²) in [7, 11) is 0. The smallest absolute Gasteiger partial charge is 0.298 e. The zero-order chi connectivity index (χ0) is 16.4. The standard InChI is InChI=1S/C16H21ClN4O2.ClH/c1-10(2)15(22)19-12-8-11(17)9-13-14(12)23-16(20-13)21-6-3-4-18-5-7-21;/h8-10,18H,3-7H2,1-2H3,(H,19,22);1H. The molecule has 1 aromatic carbocycles. The van der Waals surface area contributed by atoms with Crippen LogP contribution in [0.3, 0.4) is 0 Å². The highest BCUT2D eigenvalue weighted by atomic mass is 35.5. The fraction of sp³-hybridized carbons (Fsp3) is 0.500. The van der Waals surface area contributed by atoms with Crippen molar-refractivity contribution in [2.75, 3.05) is 36.4 Å². The van der Waals surface area contributed by atoms with Crippen molar-refractivity contribution in [3.63, 3.8) is 0 Å². The molecule has 6 nitrogen and oxygen atoms in total. The van der Waals surface area contributed by atoms with Crippen LogP contribution in [0.25, 0.3) is 11.1 Å². The molecule has 1 aliphatic heterocycles. The number of oxazole rings is 1. The Morgan fingerprint density at radius 1 is 1.38 bits per heavy atom. The van der Waals surface area contributed by atoms with Crippen molar-refractivity contribution in [1.82, 2.24) is 10.3 Å². The summed E-state index contributed by atoms with van der Waals surface area (Å²) >= 11 is 6.15. The number of carbonyl (C=O) groups excluding carboxylic acids is 1. The monoisotopic (exact) mass is 372 g/mol. The molecule has 2 aromatic rings. The van der Waals surface area contributed by atoms with E-state index >= 15 is 0 Å². The van der Waals surface area contributed by atoms with E-state index in [1.54, 1.807) is 12.1 Å². The van der Waals surface area contributed by atoms with Crippen LogP contribution in [0.5, 0.6) is 0 Å². The zero-order valence-corrected chi connectivity index (χ0v) is 15.3. The quantitative estimate of drug-likeness (QED) is 0.864. The van der Waals surface area contributed by atoms with Crippen LogP contribution in [0.4, 0.5) is 11.7 Å². The maximum atomic E-state index is 12.0. The Balaban J connectivity index is 0.00000208. The highest BCUT2D eigenvalue weighted by Crippen LogP contribution is 2.32. The van der Waals surface area contributed by atoms with E-state index in [-0.39, 0.29) is 24.2 Å². The van der Waals surface area contributed by atoms with Gasteiger partial charge in [-0.3, -0.25) is 4.79 Å². The minimum absolute atomic E-state index is 0. The second-order valence-corrected chi connectivity index (χ2v) is 6.47. The molecule has 1 fully saturated rings. The zero-order valence-electron chi connectivity index (χ0n) is 13.8. The highest BCUT2D eigenvalue weighted by molar-refractivity contribution is 6.31. The topological polar surface area (TPSA) is 70.4 Å². The van der Waals surface area contributed by atoms with Crippen molar-refractivity contribution in [1.29, 1.82) is 0 Å². The lowest BCUT2D eigenvalue weighted by atomic mass is 10.2. The lowest BCUT2D eigenvalue weighted by Crippen LogP contribution is -2.27. The van der Waals surface area contributed by atoms with E-state index in [1.165, 1.54) is 0 Å². The Bertz CT molecular complexity index is 709. The van der Waals surface area contributed by atoms with Crippen LogP contribution in [0.1, 0.15) is 20.3 Å². The third kappa shape index (κ3) is 4.12. The molecule has 1 amide bonds. The molecule has 3 rings (SSSR count). The fourth-order valence-corrected chi connectivity index (χ4v) is 2.74. The number of hydrogen-bond acceptors (Lipinski definition) is 5. The van der Waals surface area contributed by atoms with Crippen molar-refractivity contribution in [3.8, 4) is 0 Å². The number of aromatic nitrogens is 1. The van der Waals surface area contributed by atoms with E-state index in [2.05, 4.69) is 20.5 Å². The predicted octanol–water partition coefficient (Wildman–Crippen LogP) is 3.30. The molecular formula is C16H22Cl2N4O2. The van der Waals surface area contributed by atoms with Gasteiger partial charge in [-0.1, -0.05) is 25.4 Å². The first-order valence-corrected chi connectivity index (χ1v) is 8.29.